The molecule has 1 aromatic rings. The average molecular weight is 286 g/mol. The third kappa shape index (κ3) is 5.37. The second-order valence-corrected chi connectivity index (χ2v) is 5.94. The summed E-state index contributed by atoms with van der Waals surface area (Å²) in [5, 5.41) is 0. The van der Waals surface area contributed by atoms with Gasteiger partial charge >= 0.3 is 0 Å². The minimum absolute atomic E-state index is 0.0224. The van der Waals surface area contributed by atoms with Gasteiger partial charge in [-0.25, -0.2) is 4.98 Å². The highest BCUT2D eigenvalue weighted by atomic mass is 35.5. The molecular formula is C15H24ClNO2. The number of rotatable bonds is 6. The van der Waals surface area contributed by atoms with E-state index in [9.17, 15) is 0 Å². The smallest absolute Gasteiger partial charge is 0.214 e. The van der Waals surface area contributed by atoms with Gasteiger partial charge in [-0.05, 0) is 25.5 Å². The molecule has 0 aliphatic heterocycles. The molecule has 0 saturated carbocycles. The molecule has 0 bridgehead atoms. The van der Waals surface area contributed by atoms with Crippen molar-refractivity contribution < 1.29 is 9.47 Å². The molecule has 0 N–H and O–H groups in total. The van der Waals surface area contributed by atoms with Crippen molar-refractivity contribution in [1.82, 2.24) is 4.98 Å². The molecule has 1 aromatic heterocycles. The summed E-state index contributed by atoms with van der Waals surface area (Å²) in [5.41, 5.74) is 1.99. The molecule has 0 amide bonds. The molecule has 4 heteroatoms. The minimum atomic E-state index is -0.0245. The SMILES string of the molecule is CCOCC(C)Oc1cc(CCl)cc(C(C)(C)C)n1. The van der Waals surface area contributed by atoms with Gasteiger partial charge in [-0.3, -0.25) is 0 Å². The van der Waals surface area contributed by atoms with Crippen LogP contribution in [0.4, 0.5) is 0 Å². The first-order chi connectivity index (χ1) is 8.86. The molecule has 1 atom stereocenters. The van der Waals surface area contributed by atoms with Crippen LogP contribution >= 0.6 is 11.6 Å². The van der Waals surface area contributed by atoms with Crippen molar-refractivity contribution >= 4 is 11.6 Å². The first-order valence-corrected chi connectivity index (χ1v) is 7.22. The van der Waals surface area contributed by atoms with Gasteiger partial charge in [-0.1, -0.05) is 20.8 Å². The van der Waals surface area contributed by atoms with E-state index in [-0.39, 0.29) is 11.5 Å². The number of aromatic nitrogens is 1. The first-order valence-electron chi connectivity index (χ1n) is 6.68. The number of halogens is 1. The van der Waals surface area contributed by atoms with Gasteiger partial charge in [0.25, 0.3) is 0 Å². The van der Waals surface area contributed by atoms with E-state index in [1.165, 1.54) is 0 Å². The second-order valence-electron chi connectivity index (χ2n) is 5.67. The Kier molecular flexibility index (Phi) is 6.08. The maximum atomic E-state index is 5.93. The lowest BCUT2D eigenvalue weighted by Gasteiger charge is -2.21. The van der Waals surface area contributed by atoms with Gasteiger partial charge < -0.3 is 9.47 Å². The Morgan fingerprint density at radius 1 is 1.32 bits per heavy atom. The molecule has 19 heavy (non-hydrogen) atoms. The van der Waals surface area contributed by atoms with E-state index in [1.54, 1.807) is 0 Å². The van der Waals surface area contributed by atoms with Gasteiger partial charge in [0.2, 0.25) is 5.88 Å². The fraction of sp³-hybridized carbons (Fsp3) is 0.667. The van der Waals surface area contributed by atoms with Crippen molar-refractivity contribution in [3.63, 3.8) is 0 Å². The van der Waals surface area contributed by atoms with Crippen LogP contribution in [0.2, 0.25) is 0 Å². The molecule has 0 fully saturated rings. The molecule has 3 nitrogen and oxygen atoms in total. The molecular weight excluding hydrogens is 262 g/mol. The lowest BCUT2D eigenvalue weighted by atomic mass is 9.91. The van der Waals surface area contributed by atoms with Crippen molar-refractivity contribution in [2.75, 3.05) is 13.2 Å². The Morgan fingerprint density at radius 3 is 2.53 bits per heavy atom. The van der Waals surface area contributed by atoms with Crippen LogP contribution in [0, 0.1) is 0 Å². The Labute approximate surface area is 121 Å². The van der Waals surface area contributed by atoms with Crippen LogP contribution in [0.25, 0.3) is 0 Å². The number of hydrogen-bond acceptors (Lipinski definition) is 3. The van der Waals surface area contributed by atoms with Crippen LogP contribution in [-0.4, -0.2) is 24.3 Å². The third-order valence-corrected chi connectivity index (χ3v) is 2.97. The summed E-state index contributed by atoms with van der Waals surface area (Å²) < 4.78 is 11.1. The van der Waals surface area contributed by atoms with Gasteiger partial charge in [0.15, 0.2) is 0 Å². The lowest BCUT2D eigenvalue weighted by Crippen LogP contribution is -2.21. The summed E-state index contributed by atoms with van der Waals surface area (Å²) in [6, 6.07) is 3.93. The summed E-state index contributed by atoms with van der Waals surface area (Å²) >= 11 is 5.93. The molecule has 0 aromatic carbocycles. The summed E-state index contributed by atoms with van der Waals surface area (Å²) in [6.07, 6.45) is -0.0224. The number of hydrogen-bond donors (Lipinski definition) is 0. The van der Waals surface area contributed by atoms with Crippen molar-refractivity contribution in [1.29, 1.82) is 0 Å². The highest BCUT2D eigenvalue weighted by Crippen LogP contribution is 2.25. The van der Waals surface area contributed by atoms with Gasteiger partial charge in [-0.2, -0.15) is 0 Å². The summed E-state index contributed by atoms with van der Waals surface area (Å²) in [4.78, 5) is 4.56. The molecule has 0 aliphatic rings. The highest BCUT2D eigenvalue weighted by molar-refractivity contribution is 6.17. The Morgan fingerprint density at radius 2 is 2.00 bits per heavy atom. The number of nitrogens with zero attached hydrogens (tertiary/aromatic N) is 1. The molecule has 1 unspecified atom stereocenters. The quantitative estimate of drug-likeness (QED) is 0.742. The van der Waals surface area contributed by atoms with E-state index in [2.05, 4.69) is 25.8 Å². The summed E-state index contributed by atoms with van der Waals surface area (Å²) in [7, 11) is 0. The number of pyridine rings is 1. The fourth-order valence-corrected chi connectivity index (χ4v) is 1.76. The molecule has 0 saturated heterocycles. The van der Waals surface area contributed by atoms with Crippen LogP contribution in [0.5, 0.6) is 5.88 Å². The van der Waals surface area contributed by atoms with E-state index < -0.39 is 0 Å². The molecule has 1 heterocycles. The zero-order valence-electron chi connectivity index (χ0n) is 12.5. The fourth-order valence-electron chi connectivity index (χ4n) is 1.60. The van der Waals surface area contributed by atoms with E-state index in [0.717, 1.165) is 11.3 Å². The van der Waals surface area contributed by atoms with E-state index in [1.807, 2.05) is 26.0 Å². The zero-order valence-corrected chi connectivity index (χ0v) is 13.3. The topological polar surface area (TPSA) is 31.4 Å². The highest BCUT2D eigenvalue weighted by Gasteiger charge is 2.18. The molecule has 1 rings (SSSR count). The van der Waals surface area contributed by atoms with Gasteiger partial charge in [0.1, 0.15) is 6.10 Å². The monoisotopic (exact) mass is 285 g/mol. The van der Waals surface area contributed by atoms with Crippen LogP contribution in [0.1, 0.15) is 45.9 Å². The lowest BCUT2D eigenvalue weighted by molar-refractivity contribution is 0.0631. The average Bonchev–Trinajstić information content (AvgIpc) is 2.34. The Hall–Kier alpha value is -0.800. The van der Waals surface area contributed by atoms with Gasteiger partial charge in [0.05, 0.1) is 12.3 Å². The van der Waals surface area contributed by atoms with E-state index >= 15 is 0 Å². The summed E-state index contributed by atoms with van der Waals surface area (Å²) in [6.45, 7) is 11.6. The zero-order chi connectivity index (χ0) is 14.5. The van der Waals surface area contributed by atoms with Crippen molar-refractivity contribution in [2.45, 2.75) is 52.0 Å². The Balaban J connectivity index is 2.88. The van der Waals surface area contributed by atoms with Crippen LogP contribution < -0.4 is 4.74 Å². The van der Waals surface area contributed by atoms with E-state index in [0.29, 0.717) is 25.0 Å². The van der Waals surface area contributed by atoms with Gasteiger partial charge in [-0.15, -0.1) is 11.6 Å². The van der Waals surface area contributed by atoms with E-state index in [4.69, 9.17) is 21.1 Å². The standard InChI is InChI=1S/C15H24ClNO2/c1-6-18-10-11(2)19-14-8-12(9-16)7-13(17-14)15(3,4)5/h7-8,11H,6,9-10H2,1-5H3. The van der Waals surface area contributed by atoms with Crippen molar-refractivity contribution in [3.05, 3.63) is 23.4 Å². The number of alkyl halides is 1. The summed E-state index contributed by atoms with van der Waals surface area (Å²) in [5.74, 6) is 1.08. The first kappa shape index (κ1) is 16.3. The molecule has 108 valence electrons. The maximum absolute atomic E-state index is 5.93. The normalized spacial score (nSPS) is 13.4. The number of ether oxygens (including phenoxy) is 2. The minimum Gasteiger partial charge on any atom is -0.472 e. The van der Waals surface area contributed by atoms with Crippen LogP contribution in [0.3, 0.4) is 0 Å². The second kappa shape index (κ2) is 7.11. The predicted octanol–water partition coefficient (Wildman–Crippen LogP) is 3.92. The molecule has 0 spiro atoms. The van der Waals surface area contributed by atoms with Crippen molar-refractivity contribution in [3.8, 4) is 5.88 Å². The Bertz CT molecular complexity index is 402. The largest absolute Gasteiger partial charge is 0.472 e. The van der Waals surface area contributed by atoms with Crippen LogP contribution in [0.15, 0.2) is 12.1 Å². The maximum Gasteiger partial charge on any atom is 0.214 e. The van der Waals surface area contributed by atoms with Crippen molar-refractivity contribution in [2.24, 2.45) is 0 Å². The predicted molar refractivity (Wildman–Crippen MR) is 79.1 cm³/mol. The third-order valence-electron chi connectivity index (χ3n) is 2.66. The van der Waals surface area contributed by atoms with Crippen LogP contribution in [-0.2, 0) is 16.0 Å². The molecule has 0 radical (unpaired) electrons. The van der Waals surface area contributed by atoms with Gasteiger partial charge in [0, 0.05) is 24.0 Å². The molecule has 0 aliphatic carbocycles.